The molecule has 1 unspecified atom stereocenters. The van der Waals surface area contributed by atoms with Gasteiger partial charge in [-0.3, -0.25) is 9.78 Å². The van der Waals surface area contributed by atoms with Crippen molar-refractivity contribution < 1.29 is 19.4 Å². The fourth-order valence-electron chi connectivity index (χ4n) is 5.92. The highest BCUT2D eigenvalue weighted by Crippen LogP contribution is 2.65. The molecule has 2 aliphatic heterocycles. The monoisotopic (exact) mass is 456 g/mol. The number of rotatable bonds is 4. The minimum absolute atomic E-state index is 0.187. The second kappa shape index (κ2) is 8.20. The summed E-state index contributed by atoms with van der Waals surface area (Å²) in [5.74, 6) is -0.193. The van der Waals surface area contributed by atoms with E-state index in [2.05, 4.69) is 29.2 Å². The van der Waals surface area contributed by atoms with E-state index in [4.69, 9.17) is 4.74 Å². The molecule has 2 aromatic carbocycles. The van der Waals surface area contributed by atoms with Gasteiger partial charge in [0.15, 0.2) is 0 Å². The molecule has 3 heterocycles. The van der Waals surface area contributed by atoms with Crippen LogP contribution in [0.4, 0.5) is 0 Å². The first kappa shape index (κ1) is 21.3. The molecule has 1 aromatic heterocycles. The van der Waals surface area contributed by atoms with E-state index in [1.165, 1.54) is 12.0 Å². The molecule has 34 heavy (non-hydrogen) atoms. The number of carboxylic acids is 1. The Morgan fingerprint density at radius 2 is 1.88 bits per heavy atom. The van der Waals surface area contributed by atoms with Crippen molar-refractivity contribution in [2.24, 2.45) is 5.41 Å². The zero-order valence-electron chi connectivity index (χ0n) is 19.1. The van der Waals surface area contributed by atoms with Gasteiger partial charge in [-0.15, -0.1) is 0 Å². The highest BCUT2D eigenvalue weighted by molar-refractivity contribution is 6.03. The fourth-order valence-corrected chi connectivity index (χ4v) is 5.92. The van der Waals surface area contributed by atoms with E-state index in [1.807, 2.05) is 17.0 Å². The summed E-state index contributed by atoms with van der Waals surface area (Å²) in [4.78, 5) is 30.7. The van der Waals surface area contributed by atoms with E-state index in [1.54, 1.807) is 18.3 Å². The number of benzene rings is 2. The van der Waals surface area contributed by atoms with Crippen LogP contribution < -0.4 is 0 Å². The number of nitrogens with zero attached hydrogens (tertiary/aromatic N) is 2. The first-order valence-corrected chi connectivity index (χ1v) is 12.2. The minimum atomic E-state index is -0.940. The normalized spacial score (nSPS) is 23.4. The molecular formula is C28H28N2O4. The predicted molar refractivity (Wildman–Crippen MR) is 129 cm³/mol. The number of likely N-dealkylation sites (tertiary alicyclic amines) is 1. The zero-order valence-corrected chi connectivity index (χ0v) is 19.1. The highest BCUT2D eigenvalue weighted by Gasteiger charge is 2.55. The number of aromatic nitrogens is 1. The van der Waals surface area contributed by atoms with Gasteiger partial charge in [-0.1, -0.05) is 36.4 Å². The Labute approximate surface area is 198 Å². The third-order valence-corrected chi connectivity index (χ3v) is 8.07. The third kappa shape index (κ3) is 3.66. The van der Waals surface area contributed by atoms with Gasteiger partial charge in [-0.25, -0.2) is 4.79 Å². The summed E-state index contributed by atoms with van der Waals surface area (Å²) in [7, 11) is 0. The van der Waals surface area contributed by atoms with Crippen molar-refractivity contribution in [2.75, 3.05) is 19.7 Å². The maximum Gasteiger partial charge on any atom is 0.336 e. The SMILES string of the molecule is O=C(O)c1cccc2cc(-c3ccc([C@H]4CC45CCN(C(=O)C4CCCO4)CC5)cc3)ncc12. The van der Waals surface area contributed by atoms with Crippen molar-refractivity contribution in [3.05, 3.63) is 65.9 Å². The smallest absolute Gasteiger partial charge is 0.336 e. The number of piperidine rings is 1. The lowest BCUT2D eigenvalue weighted by Gasteiger charge is -2.34. The van der Waals surface area contributed by atoms with E-state index < -0.39 is 5.97 Å². The standard InChI is InChI=1S/C28H28N2O4/c31-26(25-5-2-14-34-25)30-12-10-28(11-13-30)16-23(28)18-6-8-19(9-7-18)24-15-20-3-1-4-21(27(32)33)22(20)17-29-24/h1,3-4,6-9,15,17,23,25H,2,5,10-14,16H2,(H,32,33)/t23-,25?/m1/s1. The summed E-state index contributed by atoms with van der Waals surface area (Å²) >= 11 is 0. The number of ether oxygens (including phenoxy) is 1. The summed E-state index contributed by atoms with van der Waals surface area (Å²) in [6.07, 6.45) is 6.62. The number of amides is 1. The molecule has 6 heteroatoms. The maximum atomic E-state index is 12.7. The second-order valence-electron chi connectivity index (χ2n) is 9.97. The summed E-state index contributed by atoms with van der Waals surface area (Å²) < 4.78 is 5.59. The van der Waals surface area contributed by atoms with Crippen molar-refractivity contribution in [1.82, 2.24) is 9.88 Å². The van der Waals surface area contributed by atoms with Gasteiger partial charge in [0, 0.05) is 36.8 Å². The number of hydrogen-bond acceptors (Lipinski definition) is 4. The molecule has 3 fully saturated rings. The Morgan fingerprint density at radius 3 is 2.59 bits per heavy atom. The van der Waals surface area contributed by atoms with Crippen LogP contribution in [0.2, 0.25) is 0 Å². The number of carboxylic acid groups (broad SMARTS) is 1. The number of aromatic carboxylic acids is 1. The van der Waals surface area contributed by atoms with Crippen LogP contribution in [0.1, 0.15) is 53.9 Å². The van der Waals surface area contributed by atoms with Gasteiger partial charge in [-0.05, 0) is 66.5 Å². The molecule has 0 bridgehead atoms. The average molecular weight is 457 g/mol. The van der Waals surface area contributed by atoms with E-state index in [9.17, 15) is 14.7 Å². The average Bonchev–Trinajstić information content (AvgIpc) is 3.28. The molecule has 3 aliphatic rings. The molecule has 2 saturated heterocycles. The highest BCUT2D eigenvalue weighted by atomic mass is 16.5. The Kier molecular flexibility index (Phi) is 5.14. The summed E-state index contributed by atoms with van der Waals surface area (Å²) in [6, 6.07) is 15.9. The van der Waals surface area contributed by atoms with Gasteiger partial charge in [0.05, 0.1) is 11.3 Å². The largest absolute Gasteiger partial charge is 0.478 e. The van der Waals surface area contributed by atoms with Crippen molar-refractivity contribution >= 4 is 22.6 Å². The molecule has 1 amide bonds. The summed E-state index contributed by atoms with van der Waals surface area (Å²) in [5, 5.41) is 10.9. The molecule has 3 aromatic rings. The Balaban J connectivity index is 1.14. The van der Waals surface area contributed by atoms with Gasteiger partial charge in [0.25, 0.3) is 5.91 Å². The van der Waals surface area contributed by atoms with Crippen LogP contribution in [0.25, 0.3) is 22.0 Å². The van der Waals surface area contributed by atoms with Gasteiger partial charge >= 0.3 is 5.97 Å². The van der Waals surface area contributed by atoms with Crippen molar-refractivity contribution in [3.8, 4) is 11.3 Å². The Morgan fingerprint density at radius 1 is 1.09 bits per heavy atom. The van der Waals surface area contributed by atoms with Crippen molar-refractivity contribution in [3.63, 3.8) is 0 Å². The van der Waals surface area contributed by atoms with Crippen molar-refractivity contribution in [1.29, 1.82) is 0 Å². The van der Waals surface area contributed by atoms with Crippen LogP contribution in [0, 0.1) is 5.41 Å². The van der Waals surface area contributed by atoms with Gasteiger partial charge in [0.1, 0.15) is 6.10 Å². The molecular weight excluding hydrogens is 428 g/mol. The Bertz CT molecular complexity index is 1260. The van der Waals surface area contributed by atoms with Gasteiger partial charge < -0.3 is 14.7 Å². The molecule has 6 rings (SSSR count). The number of hydrogen-bond donors (Lipinski definition) is 1. The molecule has 1 N–H and O–H groups in total. The maximum absolute atomic E-state index is 12.7. The fraction of sp³-hybridized carbons (Fsp3) is 0.393. The van der Waals surface area contributed by atoms with Crippen LogP contribution in [-0.2, 0) is 9.53 Å². The van der Waals surface area contributed by atoms with Gasteiger partial charge in [0.2, 0.25) is 0 Å². The zero-order chi connectivity index (χ0) is 23.3. The molecule has 6 nitrogen and oxygen atoms in total. The predicted octanol–water partition coefficient (Wildman–Crippen LogP) is 4.88. The van der Waals surface area contributed by atoms with E-state index >= 15 is 0 Å². The number of fused-ring (bicyclic) bond motifs is 1. The summed E-state index contributed by atoms with van der Waals surface area (Å²) in [6.45, 7) is 2.39. The van der Waals surface area contributed by atoms with Crippen LogP contribution in [0.5, 0.6) is 0 Å². The topological polar surface area (TPSA) is 79.7 Å². The first-order chi connectivity index (χ1) is 16.5. The van der Waals surface area contributed by atoms with Crippen LogP contribution in [-0.4, -0.2) is 52.7 Å². The van der Waals surface area contributed by atoms with Crippen LogP contribution in [0.3, 0.4) is 0 Å². The third-order valence-electron chi connectivity index (χ3n) is 8.07. The van der Waals surface area contributed by atoms with E-state index in [0.29, 0.717) is 23.3 Å². The Hall–Kier alpha value is -3.25. The molecule has 1 aliphatic carbocycles. The molecule has 1 saturated carbocycles. The van der Waals surface area contributed by atoms with Crippen LogP contribution >= 0.6 is 0 Å². The quantitative estimate of drug-likeness (QED) is 0.606. The van der Waals surface area contributed by atoms with Crippen LogP contribution in [0.15, 0.2) is 54.7 Å². The molecule has 0 radical (unpaired) electrons. The number of pyridine rings is 1. The lowest BCUT2D eigenvalue weighted by Crippen LogP contribution is -2.44. The second-order valence-corrected chi connectivity index (χ2v) is 9.97. The first-order valence-electron chi connectivity index (χ1n) is 12.2. The molecule has 1 spiro atoms. The molecule has 2 atom stereocenters. The summed E-state index contributed by atoms with van der Waals surface area (Å²) in [5.41, 5.74) is 3.83. The molecule has 174 valence electrons. The lowest BCUT2D eigenvalue weighted by molar-refractivity contribution is -0.142. The van der Waals surface area contributed by atoms with E-state index in [-0.39, 0.29) is 17.6 Å². The van der Waals surface area contributed by atoms with E-state index in [0.717, 1.165) is 55.4 Å². The lowest BCUT2D eigenvalue weighted by atomic mass is 9.88. The van der Waals surface area contributed by atoms with Crippen molar-refractivity contribution in [2.45, 2.75) is 44.1 Å². The number of carbonyl (C=O) groups is 2. The number of carbonyl (C=O) groups excluding carboxylic acids is 1. The van der Waals surface area contributed by atoms with Gasteiger partial charge in [-0.2, -0.15) is 0 Å². The minimum Gasteiger partial charge on any atom is -0.478 e.